The van der Waals surface area contributed by atoms with Crippen molar-refractivity contribution in [3.63, 3.8) is 0 Å². The Morgan fingerprint density at radius 2 is 1.67 bits per heavy atom. The number of nitrogens with one attached hydrogen (secondary N) is 1. The monoisotopic (exact) mass is 413 g/mol. The topological polar surface area (TPSA) is 83.1 Å². The molecule has 1 aliphatic rings. The highest BCUT2D eigenvalue weighted by Crippen LogP contribution is 2.35. The van der Waals surface area contributed by atoms with E-state index in [2.05, 4.69) is 11.4 Å². The molecule has 0 bridgehead atoms. The Labute approximate surface area is 176 Å². The minimum atomic E-state index is -0.968. The third-order valence-electron chi connectivity index (χ3n) is 5.26. The van der Waals surface area contributed by atoms with Crippen LogP contribution in [0.2, 0.25) is 0 Å². The number of hydrogen-bond donors (Lipinski definition) is 1. The van der Waals surface area contributed by atoms with E-state index in [4.69, 9.17) is 18.9 Å². The van der Waals surface area contributed by atoms with Gasteiger partial charge in [-0.1, -0.05) is 24.3 Å². The number of hydrogen-bond acceptors (Lipinski definition) is 6. The molecule has 1 aliphatic carbocycles. The predicted molar refractivity (Wildman–Crippen MR) is 111 cm³/mol. The van der Waals surface area contributed by atoms with Gasteiger partial charge in [0.25, 0.3) is 5.91 Å². The molecule has 2 aromatic rings. The number of carbonyl (C=O) groups excluding carboxylic acids is 2. The molecule has 0 saturated carbocycles. The maximum Gasteiger partial charge on any atom is 0.342 e. The number of methoxy groups -OCH3 is 3. The fourth-order valence-corrected chi connectivity index (χ4v) is 3.66. The van der Waals surface area contributed by atoms with Crippen LogP contribution in [-0.2, 0) is 16.0 Å². The van der Waals surface area contributed by atoms with Crippen molar-refractivity contribution in [2.75, 3.05) is 21.3 Å². The zero-order valence-electron chi connectivity index (χ0n) is 17.7. The van der Waals surface area contributed by atoms with E-state index in [1.54, 1.807) is 13.0 Å². The zero-order chi connectivity index (χ0) is 21.7. The van der Waals surface area contributed by atoms with Gasteiger partial charge in [-0.2, -0.15) is 0 Å². The second-order valence-electron chi connectivity index (χ2n) is 7.11. The highest BCUT2D eigenvalue weighted by molar-refractivity contribution is 5.95. The van der Waals surface area contributed by atoms with Gasteiger partial charge in [0.2, 0.25) is 0 Å². The first kappa shape index (κ1) is 21.5. The lowest BCUT2D eigenvalue weighted by molar-refractivity contribution is -0.130. The number of amides is 1. The highest BCUT2D eigenvalue weighted by Gasteiger charge is 2.27. The Hall–Kier alpha value is -3.22. The molecule has 2 aromatic carbocycles. The number of aryl methyl sites for hydroxylation is 1. The van der Waals surface area contributed by atoms with Crippen LogP contribution < -0.4 is 19.5 Å². The van der Waals surface area contributed by atoms with Gasteiger partial charge in [-0.25, -0.2) is 4.79 Å². The van der Waals surface area contributed by atoms with Crippen LogP contribution in [0.4, 0.5) is 0 Å². The van der Waals surface area contributed by atoms with Crippen molar-refractivity contribution >= 4 is 11.9 Å². The fraction of sp³-hybridized carbons (Fsp3) is 0.391. The van der Waals surface area contributed by atoms with Crippen molar-refractivity contribution in [2.24, 2.45) is 0 Å². The van der Waals surface area contributed by atoms with Crippen LogP contribution in [0.1, 0.15) is 47.3 Å². The molecular weight excluding hydrogens is 386 g/mol. The molecule has 2 atom stereocenters. The SMILES string of the molecule is COc1cc(OC)c(C(=O)O[C@@H](C)C(=O)N[C@H]2CCCc3ccccc32)cc1OC. The Morgan fingerprint density at radius 3 is 2.37 bits per heavy atom. The van der Waals surface area contributed by atoms with Crippen molar-refractivity contribution < 1.29 is 28.5 Å². The normalized spacial score (nSPS) is 16.1. The summed E-state index contributed by atoms with van der Waals surface area (Å²) in [7, 11) is 4.40. The standard InChI is InChI=1S/C23H27NO6/c1-14(22(25)24-18-11-7-9-15-8-5-6-10-16(15)18)30-23(26)17-12-20(28-3)21(29-4)13-19(17)27-2/h5-6,8,10,12-14,18H,7,9,11H2,1-4H3,(H,24,25)/t14-,18-/m0/s1. The summed E-state index contributed by atoms with van der Waals surface area (Å²) in [5, 5.41) is 3.01. The van der Waals surface area contributed by atoms with E-state index in [0.717, 1.165) is 24.8 Å². The fourth-order valence-electron chi connectivity index (χ4n) is 3.66. The molecular formula is C23H27NO6. The Balaban J connectivity index is 1.71. The Morgan fingerprint density at radius 1 is 1.00 bits per heavy atom. The van der Waals surface area contributed by atoms with Gasteiger partial charge >= 0.3 is 5.97 Å². The van der Waals surface area contributed by atoms with E-state index in [9.17, 15) is 9.59 Å². The summed E-state index contributed by atoms with van der Waals surface area (Å²) in [4.78, 5) is 25.4. The lowest BCUT2D eigenvalue weighted by Crippen LogP contribution is -2.39. The van der Waals surface area contributed by atoms with Crippen molar-refractivity contribution in [3.05, 3.63) is 53.1 Å². The smallest absolute Gasteiger partial charge is 0.342 e. The Bertz CT molecular complexity index is 926. The second kappa shape index (κ2) is 9.52. The van der Waals surface area contributed by atoms with Gasteiger partial charge in [0.15, 0.2) is 17.6 Å². The predicted octanol–water partition coefficient (Wildman–Crippen LogP) is 3.45. The number of carbonyl (C=O) groups is 2. The average molecular weight is 413 g/mol. The number of benzene rings is 2. The van der Waals surface area contributed by atoms with E-state index in [-0.39, 0.29) is 23.3 Å². The first-order chi connectivity index (χ1) is 14.5. The molecule has 7 heteroatoms. The van der Waals surface area contributed by atoms with Gasteiger partial charge in [-0.05, 0) is 37.3 Å². The van der Waals surface area contributed by atoms with E-state index in [1.165, 1.54) is 33.0 Å². The summed E-state index contributed by atoms with van der Waals surface area (Å²) in [6.07, 6.45) is 1.89. The zero-order valence-corrected chi connectivity index (χ0v) is 17.7. The molecule has 1 N–H and O–H groups in total. The van der Waals surface area contributed by atoms with E-state index < -0.39 is 12.1 Å². The van der Waals surface area contributed by atoms with Gasteiger partial charge < -0.3 is 24.3 Å². The maximum absolute atomic E-state index is 12.7. The van der Waals surface area contributed by atoms with Crippen molar-refractivity contribution in [1.82, 2.24) is 5.32 Å². The molecule has 0 fully saturated rings. The lowest BCUT2D eigenvalue weighted by Gasteiger charge is -2.27. The summed E-state index contributed by atoms with van der Waals surface area (Å²) >= 11 is 0. The third-order valence-corrected chi connectivity index (χ3v) is 5.26. The number of ether oxygens (including phenoxy) is 4. The van der Waals surface area contributed by atoms with E-state index >= 15 is 0 Å². The van der Waals surface area contributed by atoms with Gasteiger partial charge in [0, 0.05) is 12.1 Å². The molecule has 0 heterocycles. The summed E-state index contributed by atoms with van der Waals surface area (Å²) in [6, 6.07) is 11.0. The first-order valence-electron chi connectivity index (χ1n) is 9.87. The van der Waals surface area contributed by atoms with Crippen LogP contribution in [-0.4, -0.2) is 39.3 Å². The average Bonchev–Trinajstić information content (AvgIpc) is 2.78. The Kier molecular flexibility index (Phi) is 6.82. The minimum Gasteiger partial charge on any atom is -0.496 e. The van der Waals surface area contributed by atoms with Crippen molar-refractivity contribution in [2.45, 2.75) is 38.3 Å². The molecule has 0 saturated heterocycles. The van der Waals surface area contributed by atoms with Crippen LogP contribution in [0.3, 0.4) is 0 Å². The largest absolute Gasteiger partial charge is 0.496 e. The highest BCUT2D eigenvalue weighted by atomic mass is 16.6. The van der Waals surface area contributed by atoms with Crippen molar-refractivity contribution in [3.8, 4) is 17.2 Å². The molecule has 0 unspecified atom stereocenters. The molecule has 30 heavy (non-hydrogen) atoms. The molecule has 0 aliphatic heterocycles. The van der Waals surface area contributed by atoms with Crippen LogP contribution >= 0.6 is 0 Å². The third kappa shape index (κ3) is 4.50. The molecule has 0 radical (unpaired) electrons. The summed E-state index contributed by atoms with van der Waals surface area (Å²) in [5.74, 6) is 0.0317. The quantitative estimate of drug-likeness (QED) is 0.700. The van der Waals surface area contributed by atoms with E-state index in [0.29, 0.717) is 11.5 Å². The summed E-state index contributed by atoms with van der Waals surface area (Å²) in [5.41, 5.74) is 2.52. The van der Waals surface area contributed by atoms with Gasteiger partial charge in [-0.3, -0.25) is 4.79 Å². The van der Waals surface area contributed by atoms with E-state index in [1.807, 2.05) is 18.2 Å². The van der Waals surface area contributed by atoms with Gasteiger partial charge in [-0.15, -0.1) is 0 Å². The van der Waals surface area contributed by atoms with Crippen LogP contribution in [0.15, 0.2) is 36.4 Å². The number of rotatable bonds is 7. The molecule has 160 valence electrons. The second-order valence-corrected chi connectivity index (χ2v) is 7.11. The molecule has 7 nitrogen and oxygen atoms in total. The first-order valence-corrected chi connectivity index (χ1v) is 9.87. The number of esters is 1. The molecule has 0 aromatic heterocycles. The van der Waals surface area contributed by atoms with Gasteiger partial charge in [0.1, 0.15) is 11.3 Å². The molecule has 1 amide bonds. The maximum atomic E-state index is 12.7. The van der Waals surface area contributed by atoms with Crippen LogP contribution in [0, 0.1) is 0 Å². The molecule has 3 rings (SSSR count). The van der Waals surface area contributed by atoms with Crippen LogP contribution in [0.25, 0.3) is 0 Å². The number of fused-ring (bicyclic) bond motifs is 1. The van der Waals surface area contributed by atoms with Crippen LogP contribution in [0.5, 0.6) is 17.2 Å². The summed E-state index contributed by atoms with van der Waals surface area (Å²) in [6.45, 7) is 1.55. The summed E-state index contributed by atoms with van der Waals surface area (Å²) < 4.78 is 21.2. The minimum absolute atomic E-state index is 0.0841. The van der Waals surface area contributed by atoms with Gasteiger partial charge in [0.05, 0.1) is 27.4 Å². The lowest BCUT2D eigenvalue weighted by atomic mass is 9.87. The molecule has 0 spiro atoms. The van der Waals surface area contributed by atoms with Crippen molar-refractivity contribution in [1.29, 1.82) is 0 Å².